The van der Waals surface area contributed by atoms with Gasteiger partial charge in [0, 0.05) is 36.9 Å². The van der Waals surface area contributed by atoms with E-state index in [0.717, 1.165) is 37.7 Å². The van der Waals surface area contributed by atoms with Crippen molar-refractivity contribution in [1.29, 1.82) is 0 Å². The van der Waals surface area contributed by atoms with Gasteiger partial charge < -0.3 is 19.2 Å². The van der Waals surface area contributed by atoms with Crippen molar-refractivity contribution in [3.8, 4) is 5.75 Å². The van der Waals surface area contributed by atoms with E-state index in [1.54, 1.807) is 7.11 Å². The fourth-order valence-electron chi connectivity index (χ4n) is 3.46. The number of benzene rings is 1. The van der Waals surface area contributed by atoms with Crippen LogP contribution in [0.4, 0.5) is 5.69 Å². The lowest BCUT2D eigenvalue weighted by atomic mass is 9.97. The van der Waals surface area contributed by atoms with Gasteiger partial charge in [0.2, 0.25) is 0 Å². The van der Waals surface area contributed by atoms with E-state index in [4.69, 9.17) is 14.3 Å². The first-order valence-corrected chi connectivity index (χ1v) is 8.34. The lowest BCUT2D eigenvalue weighted by Crippen LogP contribution is -2.59. The van der Waals surface area contributed by atoms with Crippen molar-refractivity contribution >= 4 is 5.69 Å². The SMILES string of the molecule is COc1cccc(N2CCN(Cc3ccc(CO)o3)CC2(C)C)c1. The Hall–Kier alpha value is -1.98. The maximum Gasteiger partial charge on any atom is 0.129 e. The molecule has 0 amide bonds. The fraction of sp³-hybridized carbons (Fsp3) is 0.474. The maximum atomic E-state index is 9.12. The lowest BCUT2D eigenvalue weighted by Gasteiger charge is -2.48. The quantitative estimate of drug-likeness (QED) is 0.913. The van der Waals surface area contributed by atoms with Gasteiger partial charge in [0.15, 0.2) is 0 Å². The fourth-order valence-corrected chi connectivity index (χ4v) is 3.46. The van der Waals surface area contributed by atoms with Gasteiger partial charge >= 0.3 is 0 Å². The highest BCUT2D eigenvalue weighted by molar-refractivity contribution is 5.53. The highest BCUT2D eigenvalue weighted by Crippen LogP contribution is 2.30. The molecule has 1 aliphatic heterocycles. The van der Waals surface area contributed by atoms with Crippen LogP contribution in [0.1, 0.15) is 25.4 Å². The smallest absolute Gasteiger partial charge is 0.129 e. The van der Waals surface area contributed by atoms with Gasteiger partial charge in [-0.05, 0) is 38.1 Å². The molecule has 0 saturated carbocycles. The molecule has 1 aromatic heterocycles. The molecule has 0 radical (unpaired) electrons. The average molecular weight is 330 g/mol. The van der Waals surface area contributed by atoms with Crippen molar-refractivity contribution in [2.24, 2.45) is 0 Å². The van der Waals surface area contributed by atoms with E-state index in [9.17, 15) is 0 Å². The Balaban J connectivity index is 1.69. The predicted octanol–water partition coefficient (Wildman–Crippen LogP) is 2.88. The highest BCUT2D eigenvalue weighted by Gasteiger charge is 2.34. The number of methoxy groups -OCH3 is 1. The first kappa shape index (κ1) is 16.9. The molecule has 0 bridgehead atoms. The van der Waals surface area contributed by atoms with Gasteiger partial charge in [-0.3, -0.25) is 4.90 Å². The van der Waals surface area contributed by atoms with E-state index in [0.29, 0.717) is 5.76 Å². The van der Waals surface area contributed by atoms with Gasteiger partial charge in [0.1, 0.15) is 23.9 Å². The minimum Gasteiger partial charge on any atom is -0.497 e. The van der Waals surface area contributed by atoms with E-state index in [-0.39, 0.29) is 12.1 Å². The Labute approximate surface area is 143 Å². The molecule has 2 heterocycles. The van der Waals surface area contributed by atoms with E-state index in [2.05, 4.69) is 35.8 Å². The van der Waals surface area contributed by atoms with Crippen LogP contribution < -0.4 is 9.64 Å². The van der Waals surface area contributed by atoms with E-state index < -0.39 is 0 Å². The zero-order valence-corrected chi connectivity index (χ0v) is 14.7. The van der Waals surface area contributed by atoms with Gasteiger partial charge in [0.25, 0.3) is 0 Å². The van der Waals surface area contributed by atoms with Gasteiger partial charge in [-0.2, -0.15) is 0 Å². The van der Waals surface area contributed by atoms with Gasteiger partial charge in [-0.1, -0.05) is 6.07 Å². The van der Waals surface area contributed by atoms with Crippen LogP contribution in [0.25, 0.3) is 0 Å². The lowest BCUT2D eigenvalue weighted by molar-refractivity contribution is 0.161. The van der Waals surface area contributed by atoms with E-state index in [1.165, 1.54) is 5.69 Å². The number of nitrogens with zero attached hydrogens (tertiary/aromatic N) is 2. The van der Waals surface area contributed by atoms with Crippen LogP contribution in [0.2, 0.25) is 0 Å². The van der Waals surface area contributed by atoms with Crippen molar-refractivity contribution in [2.45, 2.75) is 32.5 Å². The maximum absolute atomic E-state index is 9.12. The Bertz CT molecular complexity index is 681. The summed E-state index contributed by atoms with van der Waals surface area (Å²) in [6, 6.07) is 12.0. The topological polar surface area (TPSA) is 49.1 Å². The second-order valence-electron chi connectivity index (χ2n) is 6.90. The van der Waals surface area contributed by atoms with Crippen molar-refractivity contribution in [3.05, 3.63) is 47.9 Å². The summed E-state index contributed by atoms with van der Waals surface area (Å²) in [6.07, 6.45) is 0. The van der Waals surface area contributed by atoms with Crippen LogP contribution in [-0.2, 0) is 13.2 Å². The number of rotatable bonds is 5. The number of hydrogen-bond donors (Lipinski definition) is 1. The molecule has 0 aliphatic carbocycles. The molecule has 24 heavy (non-hydrogen) atoms. The van der Waals surface area contributed by atoms with Crippen LogP contribution in [0.5, 0.6) is 5.75 Å². The molecule has 1 fully saturated rings. The molecule has 3 rings (SSSR count). The summed E-state index contributed by atoms with van der Waals surface area (Å²) in [5, 5.41) is 9.12. The summed E-state index contributed by atoms with van der Waals surface area (Å²) >= 11 is 0. The summed E-state index contributed by atoms with van der Waals surface area (Å²) in [4.78, 5) is 4.84. The second-order valence-corrected chi connectivity index (χ2v) is 6.90. The largest absolute Gasteiger partial charge is 0.497 e. The molecule has 0 unspecified atom stereocenters. The molecule has 5 nitrogen and oxygen atoms in total. The third kappa shape index (κ3) is 3.57. The molecule has 130 valence electrons. The zero-order chi connectivity index (χ0) is 17.2. The summed E-state index contributed by atoms with van der Waals surface area (Å²) in [5.74, 6) is 2.42. The zero-order valence-electron chi connectivity index (χ0n) is 14.7. The number of aliphatic hydroxyl groups excluding tert-OH is 1. The Morgan fingerprint density at radius 1 is 1.17 bits per heavy atom. The molecule has 1 aliphatic rings. The number of hydrogen-bond acceptors (Lipinski definition) is 5. The number of aliphatic hydroxyl groups is 1. The van der Waals surface area contributed by atoms with Crippen LogP contribution in [0, 0.1) is 0 Å². The minimum absolute atomic E-state index is 0.0109. The molecule has 5 heteroatoms. The summed E-state index contributed by atoms with van der Waals surface area (Å²) in [5.41, 5.74) is 1.20. The number of anilines is 1. The Morgan fingerprint density at radius 3 is 2.62 bits per heavy atom. The Morgan fingerprint density at radius 2 is 1.96 bits per heavy atom. The molecule has 1 saturated heterocycles. The predicted molar refractivity (Wildman–Crippen MR) is 94.3 cm³/mol. The van der Waals surface area contributed by atoms with Crippen molar-refractivity contribution < 1.29 is 14.3 Å². The number of ether oxygens (including phenoxy) is 1. The number of piperazine rings is 1. The van der Waals surface area contributed by atoms with Crippen LogP contribution in [0.15, 0.2) is 40.8 Å². The monoisotopic (exact) mass is 330 g/mol. The number of furan rings is 1. The molecular weight excluding hydrogens is 304 g/mol. The minimum atomic E-state index is -0.0465. The highest BCUT2D eigenvalue weighted by atomic mass is 16.5. The van der Waals surface area contributed by atoms with Gasteiger partial charge in [-0.25, -0.2) is 0 Å². The van der Waals surface area contributed by atoms with Crippen molar-refractivity contribution in [2.75, 3.05) is 31.6 Å². The molecular formula is C19H26N2O3. The second kappa shape index (κ2) is 6.87. The van der Waals surface area contributed by atoms with E-state index >= 15 is 0 Å². The Kier molecular flexibility index (Phi) is 4.83. The molecule has 2 aromatic rings. The first-order valence-electron chi connectivity index (χ1n) is 8.34. The summed E-state index contributed by atoms with van der Waals surface area (Å²) in [6.45, 7) is 8.12. The van der Waals surface area contributed by atoms with Crippen LogP contribution in [-0.4, -0.2) is 42.3 Å². The van der Waals surface area contributed by atoms with Crippen LogP contribution >= 0.6 is 0 Å². The summed E-state index contributed by atoms with van der Waals surface area (Å²) < 4.78 is 11.0. The molecule has 1 N–H and O–H groups in total. The third-order valence-corrected chi connectivity index (χ3v) is 4.60. The molecule has 0 spiro atoms. The normalized spacial score (nSPS) is 17.9. The average Bonchev–Trinajstić information content (AvgIpc) is 3.01. The third-order valence-electron chi connectivity index (χ3n) is 4.60. The van der Waals surface area contributed by atoms with Gasteiger partial charge in [-0.15, -0.1) is 0 Å². The van der Waals surface area contributed by atoms with E-state index in [1.807, 2.05) is 24.3 Å². The standard InChI is InChI=1S/C19H26N2O3/c1-19(2)14-20(12-17-7-8-18(13-22)24-17)9-10-21(19)15-5-4-6-16(11-15)23-3/h4-8,11,22H,9-10,12-14H2,1-3H3. The molecule has 0 atom stereocenters. The molecule has 1 aromatic carbocycles. The first-order chi connectivity index (χ1) is 11.5. The van der Waals surface area contributed by atoms with Gasteiger partial charge in [0.05, 0.1) is 13.7 Å². The van der Waals surface area contributed by atoms with Crippen LogP contribution in [0.3, 0.4) is 0 Å². The summed E-state index contributed by atoms with van der Waals surface area (Å²) in [7, 11) is 1.70. The van der Waals surface area contributed by atoms with Crippen molar-refractivity contribution in [1.82, 2.24) is 4.90 Å². The van der Waals surface area contributed by atoms with Crippen molar-refractivity contribution in [3.63, 3.8) is 0 Å².